The van der Waals surface area contributed by atoms with E-state index in [1.807, 2.05) is 41.3 Å². The van der Waals surface area contributed by atoms with Crippen molar-refractivity contribution in [3.05, 3.63) is 53.6 Å². The molecule has 0 spiro atoms. The summed E-state index contributed by atoms with van der Waals surface area (Å²) in [5.41, 5.74) is 3.53. The summed E-state index contributed by atoms with van der Waals surface area (Å²) in [7, 11) is 0. The Morgan fingerprint density at radius 1 is 1.05 bits per heavy atom. The van der Waals surface area contributed by atoms with Crippen molar-refractivity contribution in [3.63, 3.8) is 0 Å². The highest BCUT2D eigenvalue weighted by molar-refractivity contribution is 5.81. The molecule has 0 saturated carbocycles. The molecule has 7 nitrogen and oxygen atoms in total. The molecule has 4 rings (SSSR count). The molecule has 0 aromatic heterocycles. The van der Waals surface area contributed by atoms with Gasteiger partial charge in [-0.05, 0) is 53.9 Å². The SMILES string of the molecule is CC(C)(CCCCC(=O)N1CCOCC1)c1ccc(-c2ccccc2CNC(=O)C2CCCO2)c(O)c1. The minimum atomic E-state index is -0.362. The van der Waals surface area contributed by atoms with Gasteiger partial charge < -0.3 is 24.8 Å². The maximum atomic E-state index is 12.4. The van der Waals surface area contributed by atoms with Crippen LogP contribution in [0.1, 0.15) is 63.5 Å². The number of nitrogens with zero attached hydrogens (tertiary/aromatic N) is 1. The topological polar surface area (TPSA) is 88.1 Å². The van der Waals surface area contributed by atoms with Crippen LogP contribution in [0.5, 0.6) is 5.75 Å². The molecule has 1 unspecified atom stereocenters. The number of nitrogens with one attached hydrogen (secondary N) is 1. The largest absolute Gasteiger partial charge is 0.507 e. The highest BCUT2D eigenvalue weighted by atomic mass is 16.5. The Labute approximate surface area is 220 Å². The molecule has 200 valence electrons. The highest BCUT2D eigenvalue weighted by Gasteiger charge is 2.25. The van der Waals surface area contributed by atoms with E-state index in [1.54, 1.807) is 0 Å². The zero-order chi connectivity index (χ0) is 26.3. The third-order valence-corrected chi connectivity index (χ3v) is 7.57. The Kier molecular flexibility index (Phi) is 9.22. The number of benzene rings is 2. The van der Waals surface area contributed by atoms with Gasteiger partial charge in [-0.3, -0.25) is 9.59 Å². The Hall–Kier alpha value is -2.90. The minimum absolute atomic E-state index is 0.0831. The van der Waals surface area contributed by atoms with Crippen molar-refractivity contribution >= 4 is 11.8 Å². The van der Waals surface area contributed by atoms with Gasteiger partial charge in [0.1, 0.15) is 11.9 Å². The van der Waals surface area contributed by atoms with Gasteiger partial charge in [-0.25, -0.2) is 0 Å². The van der Waals surface area contributed by atoms with Gasteiger partial charge in [0.05, 0.1) is 13.2 Å². The first-order valence-electron chi connectivity index (χ1n) is 13.5. The Morgan fingerprint density at radius 2 is 1.84 bits per heavy atom. The van der Waals surface area contributed by atoms with Crippen LogP contribution in [-0.2, 0) is 31.0 Å². The van der Waals surface area contributed by atoms with E-state index in [1.165, 1.54) is 0 Å². The first-order valence-corrected chi connectivity index (χ1v) is 13.5. The van der Waals surface area contributed by atoms with E-state index in [4.69, 9.17) is 9.47 Å². The Balaban J connectivity index is 1.35. The van der Waals surface area contributed by atoms with E-state index >= 15 is 0 Å². The van der Waals surface area contributed by atoms with Gasteiger partial charge in [0, 0.05) is 38.2 Å². The maximum Gasteiger partial charge on any atom is 0.249 e. The summed E-state index contributed by atoms with van der Waals surface area (Å²) in [5, 5.41) is 14.0. The van der Waals surface area contributed by atoms with Crippen molar-refractivity contribution in [1.29, 1.82) is 0 Å². The number of morpholine rings is 1. The van der Waals surface area contributed by atoms with E-state index in [0.29, 0.717) is 45.9 Å². The molecule has 2 aliphatic rings. The van der Waals surface area contributed by atoms with Gasteiger partial charge >= 0.3 is 0 Å². The summed E-state index contributed by atoms with van der Waals surface area (Å²) in [4.78, 5) is 26.7. The lowest BCUT2D eigenvalue weighted by molar-refractivity contribution is -0.135. The maximum absolute atomic E-state index is 12.4. The fourth-order valence-electron chi connectivity index (χ4n) is 5.16. The molecule has 2 N–H and O–H groups in total. The number of unbranched alkanes of at least 4 members (excludes halogenated alkanes) is 1. The molecular weight excluding hydrogens is 468 g/mol. The molecule has 2 amide bonds. The fourth-order valence-corrected chi connectivity index (χ4v) is 5.16. The zero-order valence-corrected chi connectivity index (χ0v) is 22.1. The van der Waals surface area contributed by atoms with E-state index in [9.17, 15) is 14.7 Å². The molecule has 7 heteroatoms. The fraction of sp³-hybridized carbons (Fsp3) is 0.533. The van der Waals surface area contributed by atoms with Gasteiger partial charge in [-0.2, -0.15) is 0 Å². The van der Waals surface area contributed by atoms with Crippen LogP contribution < -0.4 is 5.32 Å². The van der Waals surface area contributed by atoms with Crippen LogP contribution in [0.25, 0.3) is 11.1 Å². The molecule has 1 atom stereocenters. The van der Waals surface area contributed by atoms with Crippen molar-refractivity contribution in [1.82, 2.24) is 10.2 Å². The van der Waals surface area contributed by atoms with Crippen LogP contribution >= 0.6 is 0 Å². The first kappa shape index (κ1) is 27.1. The number of rotatable bonds is 10. The normalized spacial score (nSPS) is 18.1. The first-order chi connectivity index (χ1) is 17.8. The molecule has 37 heavy (non-hydrogen) atoms. The van der Waals surface area contributed by atoms with E-state index < -0.39 is 0 Å². The van der Waals surface area contributed by atoms with E-state index in [-0.39, 0.29) is 29.1 Å². The minimum Gasteiger partial charge on any atom is -0.507 e. The van der Waals surface area contributed by atoms with Gasteiger partial charge in [0.25, 0.3) is 0 Å². The molecule has 2 heterocycles. The van der Waals surface area contributed by atoms with Crippen LogP contribution in [0.4, 0.5) is 0 Å². The number of hydrogen-bond acceptors (Lipinski definition) is 5. The number of amides is 2. The van der Waals surface area contributed by atoms with Crippen molar-refractivity contribution in [2.24, 2.45) is 0 Å². The molecular formula is C30H40N2O5. The number of ether oxygens (including phenoxy) is 2. The number of phenolic OH excluding ortho intramolecular Hbond substituents is 1. The summed E-state index contributed by atoms with van der Waals surface area (Å²) in [6.45, 7) is 8.03. The molecule has 0 radical (unpaired) electrons. The summed E-state index contributed by atoms with van der Waals surface area (Å²) in [6.07, 6.45) is 4.61. The Bertz CT molecular complexity index is 1070. The molecule has 2 aromatic carbocycles. The van der Waals surface area contributed by atoms with Gasteiger partial charge in [0.15, 0.2) is 0 Å². The number of phenols is 1. The lowest BCUT2D eigenvalue weighted by atomic mass is 9.79. The summed E-state index contributed by atoms with van der Waals surface area (Å²) < 4.78 is 10.8. The monoisotopic (exact) mass is 508 g/mol. The number of carbonyl (C=O) groups is 2. The molecule has 2 aromatic rings. The predicted molar refractivity (Wildman–Crippen MR) is 143 cm³/mol. The highest BCUT2D eigenvalue weighted by Crippen LogP contribution is 2.37. The van der Waals surface area contributed by atoms with Crippen LogP contribution in [0, 0.1) is 0 Å². The second-order valence-electron chi connectivity index (χ2n) is 10.7. The summed E-state index contributed by atoms with van der Waals surface area (Å²) in [5.74, 6) is 0.361. The van der Waals surface area contributed by atoms with Gasteiger partial charge in [-0.15, -0.1) is 0 Å². The molecule has 2 aliphatic heterocycles. The number of hydrogen-bond donors (Lipinski definition) is 2. The van der Waals surface area contributed by atoms with Crippen molar-refractivity contribution in [2.45, 2.75) is 70.4 Å². The van der Waals surface area contributed by atoms with Crippen LogP contribution in [0.2, 0.25) is 0 Å². The van der Waals surface area contributed by atoms with E-state index in [2.05, 4.69) is 25.2 Å². The smallest absolute Gasteiger partial charge is 0.249 e. The zero-order valence-electron chi connectivity index (χ0n) is 22.1. The van der Waals surface area contributed by atoms with Crippen molar-refractivity contribution < 1.29 is 24.2 Å². The lowest BCUT2D eigenvalue weighted by Crippen LogP contribution is -2.40. The molecule has 2 fully saturated rings. The quantitative estimate of drug-likeness (QED) is 0.460. The summed E-state index contributed by atoms with van der Waals surface area (Å²) in [6, 6.07) is 13.7. The number of aromatic hydroxyl groups is 1. The average molecular weight is 509 g/mol. The van der Waals surface area contributed by atoms with Crippen molar-refractivity contribution in [3.8, 4) is 16.9 Å². The standard InChI is InChI=1S/C30H40N2O5/c1-30(2,14-6-5-11-28(34)32-15-18-36-19-16-32)23-12-13-25(26(33)20-23)24-9-4-3-8-22(24)21-31-29(35)27-10-7-17-37-27/h3-4,8-9,12-13,20,27,33H,5-7,10-11,14-19,21H2,1-2H3,(H,31,35). The van der Waals surface area contributed by atoms with Crippen LogP contribution in [0.3, 0.4) is 0 Å². The number of carbonyl (C=O) groups excluding carboxylic acids is 2. The predicted octanol–water partition coefficient (Wildman–Crippen LogP) is 4.55. The molecule has 0 bridgehead atoms. The molecule has 2 saturated heterocycles. The second-order valence-corrected chi connectivity index (χ2v) is 10.7. The van der Waals surface area contributed by atoms with Crippen molar-refractivity contribution in [2.75, 3.05) is 32.9 Å². The second kappa shape index (κ2) is 12.6. The van der Waals surface area contributed by atoms with Gasteiger partial charge in [-0.1, -0.05) is 56.7 Å². The van der Waals surface area contributed by atoms with Crippen LogP contribution in [0.15, 0.2) is 42.5 Å². The average Bonchev–Trinajstić information content (AvgIpc) is 3.46. The van der Waals surface area contributed by atoms with Crippen LogP contribution in [-0.4, -0.2) is 60.8 Å². The van der Waals surface area contributed by atoms with E-state index in [0.717, 1.165) is 54.4 Å². The lowest BCUT2D eigenvalue weighted by Gasteiger charge is -2.28. The third kappa shape index (κ3) is 7.11. The summed E-state index contributed by atoms with van der Waals surface area (Å²) >= 11 is 0. The Morgan fingerprint density at radius 3 is 2.57 bits per heavy atom. The molecule has 0 aliphatic carbocycles. The third-order valence-electron chi connectivity index (χ3n) is 7.57. The van der Waals surface area contributed by atoms with Gasteiger partial charge in [0.2, 0.25) is 11.8 Å².